The van der Waals surface area contributed by atoms with Crippen LogP contribution in [-0.4, -0.2) is 53.9 Å². The Morgan fingerprint density at radius 3 is 2.56 bits per heavy atom. The van der Waals surface area contributed by atoms with Gasteiger partial charge in [0.15, 0.2) is 0 Å². The Hall–Kier alpha value is -0.170. The smallest absolute Gasteiger partial charge is 0.282 e. The Bertz CT molecular complexity index is 368. The third-order valence-corrected chi connectivity index (χ3v) is 5.92. The summed E-state index contributed by atoms with van der Waals surface area (Å²) in [4.78, 5) is 0. The third kappa shape index (κ3) is 2.87. The molecule has 0 amide bonds. The van der Waals surface area contributed by atoms with Crippen LogP contribution >= 0.6 is 0 Å². The Labute approximate surface area is 110 Å². The molecule has 2 fully saturated rings. The van der Waals surface area contributed by atoms with Gasteiger partial charge in [0.2, 0.25) is 0 Å². The second kappa shape index (κ2) is 5.86. The molecular formula is C12H24N2O3S. The van der Waals surface area contributed by atoms with Crippen molar-refractivity contribution in [3.05, 3.63) is 0 Å². The lowest BCUT2D eigenvalue weighted by Gasteiger charge is -2.37. The summed E-state index contributed by atoms with van der Waals surface area (Å²) in [5.74, 6) is 0. The summed E-state index contributed by atoms with van der Waals surface area (Å²) in [6.07, 6.45) is 5.50. The van der Waals surface area contributed by atoms with E-state index < -0.39 is 10.2 Å². The number of aliphatic hydroxyl groups excluding tert-OH is 1. The molecule has 0 bridgehead atoms. The van der Waals surface area contributed by atoms with Crippen LogP contribution in [0.1, 0.15) is 45.4 Å². The van der Waals surface area contributed by atoms with Gasteiger partial charge in [-0.25, -0.2) is 0 Å². The number of rotatable bonds is 6. The van der Waals surface area contributed by atoms with E-state index in [1.54, 1.807) is 4.31 Å². The molecule has 18 heavy (non-hydrogen) atoms. The fourth-order valence-electron chi connectivity index (χ4n) is 2.66. The topological polar surface area (TPSA) is 60.9 Å². The van der Waals surface area contributed by atoms with Crippen LogP contribution in [0.15, 0.2) is 0 Å². The molecule has 1 aliphatic heterocycles. The quantitative estimate of drug-likeness (QED) is 0.786. The maximum atomic E-state index is 12.7. The molecular weight excluding hydrogens is 252 g/mol. The number of hydrogen-bond acceptors (Lipinski definition) is 3. The number of hydrogen-bond donors (Lipinski definition) is 1. The van der Waals surface area contributed by atoms with Crippen LogP contribution in [0, 0.1) is 0 Å². The van der Waals surface area contributed by atoms with Gasteiger partial charge >= 0.3 is 0 Å². The van der Waals surface area contributed by atoms with Gasteiger partial charge in [-0.1, -0.05) is 13.3 Å². The molecule has 106 valence electrons. The first-order chi connectivity index (χ1) is 8.61. The molecule has 1 atom stereocenters. The fourth-order valence-corrected chi connectivity index (χ4v) is 4.84. The first-order valence-electron chi connectivity index (χ1n) is 7.00. The highest BCUT2D eigenvalue weighted by molar-refractivity contribution is 7.86. The predicted octanol–water partition coefficient (Wildman–Crippen LogP) is 0.952. The van der Waals surface area contributed by atoms with E-state index in [1.165, 1.54) is 4.31 Å². The van der Waals surface area contributed by atoms with Gasteiger partial charge in [0.1, 0.15) is 0 Å². The van der Waals surface area contributed by atoms with Crippen molar-refractivity contribution in [2.24, 2.45) is 0 Å². The molecule has 1 unspecified atom stereocenters. The van der Waals surface area contributed by atoms with Crippen molar-refractivity contribution in [3.8, 4) is 0 Å². The van der Waals surface area contributed by atoms with E-state index in [2.05, 4.69) is 0 Å². The van der Waals surface area contributed by atoms with Gasteiger partial charge < -0.3 is 5.11 Å². The minimum atomic E-state index is -3.38. The second-order valence-electron chi connectivity index (χ2n) is 5.29. The monoisotopic (exact) mass is 276 g/mol. The van der Waals surface area contributed by atoms with Crippen molar-refractivity contribution >= 4 is 10.2 Å². The van der Waals surface area contributed by atoms with Crippen LogP contribution in [0.3, 0.4) is 0 Å². The molecule has 0 spiro atoms. The highest BCUT2D eigenvalue weighted by Crippen LogP contribution is 2.32. The molecule has 0 radical (unpaired) electrons. The van der Waals surface area contributed by atoms with Gasteiger partial charge in [-0.2, -0.15) is 17.0 Å². The highest BCUT2D eigenvalue weighted by Gasteiger charge is 2.42. The van der Waals surface area contributed by atoms with Crippen molar-refractivity contribution in [1.29, 1.82) is 0 Å². The molecule has 1 saturated heterocycles. The zero-order valence-corrected chi connectivity index (χ0v) is 11.9. The van der Waals surface area contributed by atoms with Crippen LogP contribution in [0.2, 0.25) is 0 Å². The average Bonchev–Trinajstić information content (AvgIpc) is 3.19. The van der Waals surface area contributed by atoms with Gasteiger partial charge in [-0.15, -0.1) is 0 Å². The normalized spacial score (nSPS) is 26.7. The fraction of sp³-hybridized carbons (Fsp3) is 1.00. The van der Waals surface area contributed by atoms with Crippen molar-refractivity contribution in [2.75, 3.05) is 19.7 Å². The van der Waals surface area contributed by atoms with Crippen LogP contribution in [0.4, 0.5) is 0 Å². The summed E-state index contributed by atoms with van der Waals surface area (Å²) < 4.78 is 28.5. The van der Waals surface area contributed by atoms with E-state index in [0.29, 0.717) is 13.1 Å². The van der Waals surface area contributed by atoms with Crippen molar-refractivity contribution in [1.82, 2.24) is 8.61 Å². The molecule has 0 aromatic carbocycles. The lowest BCUT2D eigenvalue weighted by Crippen LogP contribution is -2.52. The summed E-state index contributed by atoms with van der Waals surface area (Å²) >= 11 is 0. The van der Waals surface area contributed by atoms with E-state index in [9.17, 15) is 13.5 Å². The van der Waals surface area contributed by atoms with Crippen LogP contribution in [0.5, 0.6) is 0 Å². The molecule has 1 heterocycles. The summed E-state index contributed by atoms with van der Waals surface area (Å²) in [5.41, 5.74) is 0. The lowest BCUT2D eigenvalue weighted by molar-refractivity contribution is 0.147. The minimum absolute atomic E-state index is 0.0656. The molecule has 2 aliphatic rings. The Kier molecular flexibility index (Phi) is 4.64. The molecule has 1 N–H and O–H groups in total. The summed E-state index contributed by atoms with van der Waals surface area (Å²) in [6.45, 7) is 3.09. The largest absolute Gasteiger partial charge is 0.395 e. The number of aliphatic hydroxyl groups is 1. The Balaban J connectivity index is 2.16. The van der Waals surface area contributed by atoms with Gasteiger partial charge in [0.25, 0.3) is 10.2 Å². The summed E-state index contributed by atoms with van der Waals surface area (Å²) in [6, 6.07) is -0.0157. The minimum Gasteiger partial charge on any atom is -0.395 e. The standard InChI is InChI=1S/C12H24N2O3S/c1-2-8-13(11-6-7-11)18(16,17)14-9-4-3-5-12(14)10-15/h11-12,15H,2-10H2,1H3. The summed E-state index contributed by atoms with van der Waals surface area (Å²) in [5, 5.41) is 9.37. The van der Waals surface area contributed by atoms with E-state index in [0.717, 1.165) is 38.5 Å². The molecule has 2 rings (SSSR count). The Morgan fingerprint density at radius 2 is 2.00 bits per heavy atom. The van der Waals surface area contributed by atoms with Gasteiger partial charge in [-0.05, 0) is 32.1 Å². The highest BCUT2D eigenvalue weighted by atomic mass is 32.2. The first kappa shape index (κ1) is 14.2. The zero-order chi connectivity index (χ0) is 13.2. The van der Waals surface area contributed by atoms with E-state index in [-0.39, 0.29) is 18.7 Å². The second-order valence-corrected chi connectivity index (χ2v) is 7.13. The average molecular weight is 276 g/mol. The van der Waals surface area contributed by atoms with Gasteiger partial charge in [0, 0.05) is 25.2 Å². The van der Waals surface area contributed by atoms with Crippen LogP contribution in [0.25, 0.3) is 0 Å². The maximum Gasteiger partial charge on any atom is 0.282 e. The van der Waals surface area contributed by atoms with E-state index in [1.807, 2.05) is 6.92 Å². The molecule has 6 heteroatoms. The van der Waals surface area contributed by atoms with Gasteiger partial charge in [-0.3, -0.25) is 0 Å². The summed E-state index contributed by atoms with van der Waals surface area (Å²) in [7, 11) is -3.38. The lowest BCUT2D eigenvalue weighted by atomic mass is 10.1. The van der Waals surface area contributed by atoms with E-state index >= 15 is 0 Å². The van der Waals surface area contributed by atoms with Crippen molar-refractivity contribution in [2.45, 2.75) is 57.5 Å². The SMILES string of the molecule is CCCN(C1CC1)S(=O)(=O)N1CCCCC1CO. The Morgan fingerprint density at radius 1 is 1.28 bits per heavy atom. The molecule has 5 nitrogen and oxygen atoms in total. The predicted molar refractivity (Wildman–Crippen MR) is 70.4 cm³/mol. The molecule has 1 saturated carbocycles. The van der Waals surface area contributed by atoms with Crippen molar-refractivity contribution < 1.29 is 13.5 Å². The van der Waals surface area contributed by atoms with Gasteiger partial charge in [0.05, 0.1) is 6.61 Å². The molecule has 0 aromatic rings. The first-order valence-corrected chi connectivity index (χ1v) is 8.40. The zero-order valence-electron chi connectivity index (χ0n) is 11.1. The van der Waals surface area contributed by atoms with E-state index in [4.69, 9.17) is 0 Å². The number of nitrogens with zero attached hydrogens (tertiary/aromatic N) is 2. The maximum absolute atomic E-state index is 12.7. The number of piperidine rings is 1. The third-order valence-electron chi connectivity index (χ3n) is 3.77. The van der Waals surface area contributed by atoms with Crippen LogP contribution < -0.4 is 0 Å². The molecule has 1 aliphatic carbocycles. The van der Waals surface area contributed by atoms with Crippen LogP contribution in [-0.2, 0) is 10.2 Å². The van der Waals surface area contributed by atoms with Crippen molar-refractivity contribution in [3.63, 3.8) is 0 Å². The molecule has 0 aromatic heterocycles.